The van der Waals surface area contributed by atoms with Gasteiger partial charge in [-0.25, -0.2) is 0 Å². The second-order valence-electron chi connectivity index (χ2n) is 8.25. The minimum Gasteiger partial charge on any atom is -0.312 e. The van der Waals surface area contributed by atoms with E-state index in [0.29, 0.717) is 17.5 Å². The number of likely N-dealkylation sites (tertiary alicyclic amines) is 1. The fraction of sp³-hybridized carbons (Fsp3) is 1.00. The highest BCUT2D eigenvalue weighted by Gasteiger charge is 2.37. The molecule has 3 unspecified atom stereocenters. The van der Waals surface area contributed by atoms with Gasteiger partial charge in [-0.1, -0.05) is 20.8 Å². The summed E-state index contributed by atoms with van der Waals surface area (Å²) in [5, 5.41) is 3.82. The van der Waals surface area contributed by atoms with Crippen LogP contribution >= 0.6 is 0 Å². The normalized spacial score (nSPS) is 33.7. The van der Waals surface area contributed by atoms with E-state index in [2.05, 4.69) is 50.0 Å². The molecule has 0 radical (unpaired) electrons. The van der Waals surface area contributed by atoms with Crippen LogP contribution in [0.5, 0.6) is 0 Å². The van der Waals surface area contributed by atoms with Gasteiger partial charge in [-0.2, -0.15) is 0 Å². The lowest BCUT2D eigenvalue weighted by Crippen LogP contribution is -2.55. The molecule has 2 aliphatic rings. The number of hydrogen-bond donors (Lipinski definition) is 1. The summed E-state index contributed by atoms with van der Waals surface area (Å²) in [6.07, 6.45) is 8.03. The topological polar surface area (TPSA) is 18.5 Å². The molecule has 124 valence electrons. The molecule has 1 saturated carbocycles. The van der Waals surface area contributed by atoms with E-state index in [9.17, 15) is 0 Å². The number of nitrogens with one attached hydrogen (secondary N) is 1. The highest BCUT2D eigenvalue weighted by molar-refractivity contribution is 4.95. The first kappa shape index (κ1) is 17.2. The van der Waals surface area contributed by atoms with Gasteiger partial charge in [-0.3, -0.25) is 0 Å². The molecule has 0 aromatic carbocycles. The van der Waals surface area contributed by atoms with Gasteiger partial charge < -0.3 is 15.1 Å². The Bertz CT molecular complexity index is 316. The first-order chi connectivity index (χ1) is 9.93. The zero-order chi connectivity index (χ0) is 15.5. The second-order valence-corrected chi connectivity index (χ2v) is 8.25. The lowest BCUT2D eigenvalue weighted by atomic mass is 9.72. The summed E-state index contributed by atoms with van der Waals surface area (Å²) in [6.45, 7) is 10.9. The molecule has 0 aromatic heterocycles. The highest BCUT2D eigenvalue weighted by atomic mass is 15.2. The monoisotopic (exact) mass is 295 g/mol. The summed E-state index contributed by atoms with van der Waals surface area (Å²) in [6, 6.07) is 2.16. The summed E-state index contributed by atoms with van der Waals surface area (Å²) < 4.78 is 0. The summed E-state index contributed by atoms with van der Waals surface area (Å²) in [4.78, 5) is 5.22. The maximum atomic E-state index is 3.82. The van der Waals surface area contributed by atoms with Gasteiger partial charge in [0.1, 0.15) is 0 Å². The molecule has 0 bridgehead atoms. The van der Waals surface area contributed by atoms with E-state index in [0.717, 1.165) is 6.04 Å². The number of rotatable bonds is 6. The molecule has 3 nitrogen and oxygen atoms in total. The molecule has 1 aliphatic carbocycles. The largest absolute Gasteiger partial charge is 0.312 e. The van der Waals surface area contributed by atoms with Crippen LogP contribution in [0.3, 0.4) is 0 Å². The van der Waals surface area contributed by atoms with Crippen molar-refractivity contribution in [2.45, 2.75) is 77.4 Å². The van der Waals surface area contributed by atoms with Crippen molar-refractivity contribution in [1.82, 2.24) is 15.1 Å². The van der Waals surface area contributed by atoms with Crippen molar-refractivity contribution >= 4 is 0 Å². The van der Waals surface area contributed by atoms with Crippen molar-refractivity contribution in [2.24, 2.45) is 5.41 Å². The van der Waals surface area contributed by atoms with Crippen LogP contribution in [0.2, 0.25) is 0 Å². The first-order valence-corrected chi connectivity index (χ1v) is 9.07. The number of nitrogens with zero attached hydrogens (tertiary/aromatic N) is 2. The van der Waals surface area contributed by atoms with E-state index < -0.39 is 0 Å². The van der Waals surface area contributed by atoms with Crippen LogP contribution in [0, 0.1) is 5.41 Å². The van der Waals surface area contributed by atoms with Crippen LogP contribution in [0.4, 0.5) is 0 Å². The zero-order valence-corrected chi connectivity index (χ0v) is 15.0. The quantitative estimate of drug-likeness (QED) is 0.813. The van der Waals surface area contributed by atoms with Crippen molar-refractivity contribution in [3.8, 4) is 0 Å². The zero-order valence-electron chi connectivity index (χ0n) is 15.0. The Labute approximate surface area is 132 Å². The molecule has 0 amide bonds. The molecule has 0 spiro atoms. The molecule has 0 aromatic rings. The van der Waals surface area contributed by atoms with E-state index in [1.165, 1.54) is 58.2 Å². The molecular formula is C18H37N3. The van der Waals surface area contributed by atoms with Crippen molar-refractivity contribution in [1.29, 1.82) is 0 Å². The molecule has 1 N–H and O–H groups in total. The fourth-order valence-electron chi connectivity index (χ4n) is 4.26. The summed E-state index contributed by atoms with van der Waals surface area (Å²) in [7, 11) is 4.65. The van der Waals surface area contributed by atoms with Gasteiger partial charge >= 0.3 is 0 Å². The van der Waals surface area contributed by atoms with Crippen LogP contribution in [-0.4, -0.2) is 61.7 Å². The smallest absolute Gasteiger partial charge is 0.0252 e. The van der Waals surface area contributed by atoms with Crippen molar-refractivity contribution in [2.75, 3.05) is 33.7 Å². The van der Waals surface area contributed by atoms with Crippen molar-refractivity contribution in [3.63, 3.8) is 0 Å². The molecule has 1 aliphatic heterocycles. The average molecular weight is 296 g/mol. The Morgan fingerprint density at radius 1 is 1.29 bits per heavy atom. The predicted octanol–water partition coefficient (Wildman–Crippen LogP) is 2.96. The van der Waals surface area contributed by atoms with Gasteiger partial charge in [0.25, 0.3) is 0 Å². The Morgan fingerprint density at radius 3 is 2.67 bits per heavy atom. The lowest BCUT2D eigenvalue weighted by Gasteiger charge is -2.46. The molecule has 2 rings (SSSR count). The highest BCUT2D eigenvalue weighted by Crippen LogP contribution is 2.37. The van der Waals surface area contributed by atoms with Crippen molar-refractivity contribution in [3.05, 3.63) is 0 Å². The summed E-state index contributed by atoms with van der Waals surface area (Å²) in [5.74, 6) is 0. The van der Waals surface area contributed by atoms with Gasteiger partial charge in [-0.05, 0) is 71.1 Å². The van der Waals surface area contributed by atoms with Crippen LogP contribution in [0.15, 0.2) is 0 Å². The average Bonchev–Trinajstić information content (AvgIpc) is 2.82. The Morgan fingerprint density at radius 2 is 2.05 bits per heavy atom. The summed E-state index contributed by atoms with van der Waals surface area (Å²) in [5.41, 5.74) is 0.505. The van der Waals surface area contributed by atoms with Crippen molar-refractivity contribution < 1.29 is 0 Å². The predicted molar refractivity (Wildman–Crippen MR) is 91.8 cm³/mol. The Kier molecular flexibility index (Phi) is 6.10. The second kappa shape index (κ2) is 7.43. The van der Waals surface area contributed by atoms with E-state index in [4.69, 9.17) is 0 Å². The third kappa shape index (κ3) is 4.67. The summed E-state index contributed by atoms with van der Waals surface area (Å²) >= 11 is 0. The van der Waals surface area contributed by atoms with Gasteiger partial charge in [0, 0.05) is 24.7 Å². The maximum Gasteiger partial charge on any atom is 0.0252 e. The molecular weight excluding hydrogens is 258 g/mol. The van der Waals surface area contributed by atoms with Crippen LogP contribution in [0.1, 0.15) is 59.3 Å². The Balaban J connectivity index is 1.96. The SMILES string of the molecule is CCCNC1CCC(C)(C)CC1N(C)CC1CCCN1C. The lowest BCUT2D eigenvalue weighted by molar-refractivity contribution is 0.0677. The van der Waals surface area contributed by atoms with Gasteiger partial charge in [0.05, 0.1) is 0 Å². The van der Waals surface area contributed by atoms with Gasteiger partial charge in [-0.15, -0.1) is 0 Å². The minimum absolute atomic E-state index is 0.505. The standard InChI is InChI=1S/C18H37N3/c1-6-11-19-16-9-10-18(2,3)13-17(16)21(5)14-15-8-7-12-20(15)4/h15-17,19H,6-14H2,1-5H3. The number of hydrogen-bond acceptors (Lipinski definition) is 3. The fourth-order valence-corrected chi connectivity index (χ4v) is 4.26. The molecule has 1 saturated heterocycles. The van der Waals surface area contributed by atoms with E-state index in [1.54, 1.807) is 0 Å². The van der Waals surface area contributed by atoms with Crippen LogP contribution in [0.25, 0.3) is 0 Å². The molecule has 1 heterocycles. The number of likely N-dealkylation sites (N-methyl/N-ethyl adjacent to an activating group) is 2. The van der Waals surface area contributed by atoms with Crippen LogP contribution in [-0.2, 0) is 0 Å². The Hall–Kier alpha value is -0.120. The van der Waals surface area contributed by atoms with E-state index >= 15 is 0 Å². The molecule has 2 fully saturated rings. The minimum atomic E-state index is 0.505. The first-order valence-electron chi connectivity index (χ1n) is 9.07. The molecule has 21 heavy (non-hydrogen) atoms. The van der Waals surface area contributed by atoms with E-state index in [1.807, 2.05) is 0 Å². The maximum absolute atomic E-state index is 3.82. The third-order valence-electron chi connectivity index (χ3n) is 5.75. The van der Waals surface area contributed by atoms with Gasteiger partial charge in [0.2, 0.25) is 0 Å². The van der Waals surface area contributed by atoms with Crippen LogP contribution < -0.4 is 5.32 Å². The molecule has 3 atom stereocenters. The molecule has 3 heteroatoms. The third-order valence-corrected chi connectivity index (χ3v) is 5.75. The van der Waals surface area contributed by atoms with E-state index in [-0.39, 0.29) is 0 Å². The van der Waals surface area contributed by atoms with Gasteiger partial charge in [0.15, 0.2) is 0 Å².